The zero-order valence-corrected chi connectivity index (χ0v) is 9.94. The molecule has 0 N–H and O–H groups in total. The second-order valence-electron chi connectivity index (χ2n) is 3.09. The van der Waals surface area contributed by atoms with Crippen molar-refractivity contribution in [3.63, 3.8) is 0 Å². The highest BCUT2D eigenvalue weighted by molar-refractivity contribution is 9.09. The average molecular weight is 315 g/mol. The number of ketones is 1. The Balaban J connectivity index is 2.98. The van der Waals surface area contributed by atoms with Crippen molar-refractivity contribution in [2.24, 2.45) is 0 Å². The van der Waals surface area contributed by atoms with Gasteiger partial charge in [-0.3, -0.25) is 4.79 Å². The Morgan fingerprint density at radius 1 is 1.29 bits per heavy atom. The van der Waals surface area contributed by atoms with Crippen molar-refractivity contribution < 1.29 is 27.1 Å². The highest BCUT2D eigenvalue weighted by Crippen LogP contribution is 2.25. The van der Waals surface area contributed by atoms with Crippen LogP contribution >= 0.6 is 15.9 Å². The molecule has 1 aromatic rings. The second kappa shape index (κ2) is 5.48. The fourth-order valence-corrected chi connectivity index (χ4v) is 1.51. The van der Waals surface area contributed by atoms with Gasteiger partial charge < -0.3 is 4.74 Å². The highest BCUT2D eigenvalue weighted by atomic mass is 79.9. The van der Waals surface area contributed by atoms with Crippen molar-refractivity contribution in [2.75, 3.05) is 5.33 Å². The Labute approximate surface area is 103 Å². The van der Waals surface area contributed by atoms with Crippen molar-refractivity contribution in [2.45, 2.75) is 12.8 Å². The lowest BCUT2D eigenvalue weighted by molar-refractivity contribution is -0.274. The molecule has 1 rings (SSSR count). The van der Waals surface area contributed by atoms with Crippen LogP contribution in [-0.2, 0) is 0 Å². The quantitative estimate of drug-likeness (QED) is 0.481. The van der Waals surface area contributed by atoms with E-state index >= 15 is 0 Å². The number of hydrogen-bond acceptors (Lipinski definition) is 2. The van der Waals surface area contributed by atoms with E-state index in [1.165, 1.54) is 0 Å². The second-order valence-corrected chi connectivity index (χ2v) is 3.88. The third kappa shape index (κ3) is 4.72. The fraction of sp³-hybridized carbons (Fsp3) is 0.300. The van der Waals surface area contributed by atoms with Crippen LogP contribution in [0, 0.1) is 5.82 Å². The van der Waals surface area contributed by atoms with E-state index in [4.69, 9.17) is 0 Å². The molecule has 0 bridgehead atoms. The number of hydrogen-bond donors (Lipinski definition) is 0. The van der Waals surface area contributed by atoms with E-state index in [1.807, 2.05) is 0 Å². The molecule has 0 aliphatic heterocycles. The maximum absolute atomic E-state index is 13.0. The van der Waals surface area contributed by atoms with Crippen molar-refractivity contribution in [1.82, 2.24) is 0 Å². The van der Waals surface area contributed by atoms with E-state index in [-0.39, 0.29) is 12.0 Å². The van der Waals surface area contributed by atoms with Crippen LogP contribution in [-0.4, -0.2) is 17.5 Å². The minimum atomic E-state index is -4.91. The summed E-state index contributed by atoms with van der Waals surface area (Å²) in [6.07, 6.45) is -4.85. The molecule has 0 aliphatic rings. The zero-order chi connectivity index (χ0) is 13.1. The summed E-state index contributed by atoms with van der Waals surface area (Å²) in [5.41, 5.74) is -0.149. The molecule has 2 nitrogen and oxygen atoms in total. The van der Waals surface area contributed by atoms with Crippen molar-refractivity contribution >= 4 is 21.7 Å². The largest absolute Gasteiger partial charge is 0.573 e. The highest BCUT2D eigenvalue weighted by Gasteiger charge is 2.31. The van der Waals surface area contributed by atoms with Gasteiger partial charge in [0.15, 0.2) is 5.78 Å². The Morgan fingerprint density at radius 3 is 2.47 bits per heavy atom. The minimum Gasteiger partial charge on any atom is -0.406 e. The molecule has 0 amide bonds. The number of benzene rings is 1. The number of carbonyl (C=O) groups is 1. The molecule has 0 unspecified atom stereocenters. The molecule has 0 saturated heterocycles. The number of carbonyl (C=O) groups excluding carboxylic acids is 1. The van der Waals surface area contributed by atoms with Crippen LogP contribution in [0.1, 0.15) is 16.8 Å². The van der Waals surface area contributed by atoms with E-state index in [0.29, 0.717) is 11.4 Å². The van der Waals surface area contributed by atoms with Gasteiger partial charge in [-0.2, -0.15) is 0 Å². The van der Waals surface area contributed by atoms with Gasteiger partial charge >= 0.3 is 6.36 Å². The number of halogens is 5. The average Bonchev–Trinajstić information content (AvgIpc) is 2.14. The third-order valence-corrected chi connectivity index (χ3v) is 2.14. The predicted molar refractivity (Wildman–Crippen MR) is 55.8 cm³/mol. The summed E-state index contributed by atoms with van der Waals surface area (Å²) in [5.74, 6) is -2.16. The molecular weight excluding hydrogens is 308 g/mol. The topological polar surface area (TPSA) is 26.3 Å². The first-order chi connectivity index (χ1) is 7.81. The summed E-state index contributed by atoms with van der Waals surface area (Å²) in [6.45, 7) is 0. The van der Waals surface area contributed by atoms with Crippen LogP contribution < -0.4 is 4.74 Å². The van der Waals surface area contributed by atoms with Crippen molar-refractivity contribution in [1.29, 1.82) is 0 Å². The van der Waals surface area contributed by atoms with Gasteiger partial charge in [-0.1, -0.05) is 15.9 Å². The third-order valence-electron chi connectivity index (χ3n) is 1.75. The van der Waals surface area contributed by atoms with Gasteiger partial charge in [0.25, 0.3) is 0 Å². The molecule has 7 heteroatoms. The zero-order valence-electron chi connectivity index (χ0n) is 8.35. The Morgan fingerprint density at radius 2 is 1.94 bits per heavy atom. The van der Waals surface area contributed by atoms with E-state index in [1.54, 1.807) is 0 Å². The lowest BCUT2D eigenvalue weighted by atomic mass is 10.1. The number of rotatable bonds is 4. The first-order valence-electron chi connectivity index (χ1n) is 4.47. The van der Waals surface area contributed by atoms with Gasteiger partial charge in [0.2, 0.25) is 0 Å². The van der Waals surface area contributed by atoms with Crippen LogP contribution in [0.25, 0.3) is 0 Å². The molecule has 94 valence electrons. The summed E-state index contributed by atoms with van der Waals surface area (Å²) in [6, 6.07) is 2.30. The monoisotopic (exact) mass is 314 g/mol. The van der Waals surface area contributed by atoms with Crippen molar-refractivity contribution in [3.05, 3.63) is 29.6 Å². The maximum Gasteiger partial charge on any atom is 0.573 e. The van der Waals surface area contributed by atoms with Gasteiger partial charge in [-0.05, 0) is 12.1 Å². The summed E-state index contributed by atoms with van der Waals surface area (Å²) < 4.78 is 52.3. The van der Waals surface area contributed by atoms with Crippen LogP contribution in [0.4, 0.5) is 17.6 Å². The van der Waals surface area contributed by atoms with Gasteiger partial charge in [0.05, 0.1) is 0 Å². The first kappa shape index (κ1) is 14.0. The number of ether oxygens (including phenoxy) is 1. The van der Waals surface area contributed by atoms with Crippen LogP contribution in [0.5, 0.6) is 5.75 Å². The van der Waals surface area contributed by atoms with Gasteiger partial charge in [0.1, 0.15) is 11.6 Å². The molecule has 0 aromatic heterocycles. The summed E-state index contributed by atoms with van der Waals surface area (Å²) in [4.78, 5) is 11.4. The smallest absolute Gasteiger partial charge is 0.406 e. The van der Waals surface area contributed by atoms with E-state index in [9.17, 15) is 22.4 Å². The summed E-state index contributed by atoms with van der Waals surface area (Å²) in [5, 5.41) is 0.345. The van der Waals surface area contributed by atoms with Crippen LogP contribution in [0.3, 0.4) is 0 Å². The Kier molecular flexibility index (Phi) is 4.50. The molecule has 0 radical (unpaired) electrons. The lowest BCUT2D eigenvalue weighted by Gasteiger charge is -2.10. The number of Topliss-reactive ketones (excluding diaryl/α,β-unsaturated/α-hetero) is 1. The molecule has 1 aromatic carbocycles. The van der Waals surface area contributed by atoms with E-state index in [2.05, 4.69) is 20.7 Å². The molecule has 0 saturated carbocycles. The van der Waals surface area contributed by atoms with E-state index < -0.39 is 23.7 Å². The van der Waals surface area contributed by atoms with E-state index in [0.717, 1.165) is 12.1 Å². The lowest BCUT2D eigenvalue weighted by Crippen LogP contribution is -2.17. The molecule has 0 fully saturated rings. The molecule has 0 aliphatic carbocycles. The Hall–Kier alpha value is -1.11. The summed E-state index contributed by atoms with van der Waals surface area (Å²) in [7, 11) is 0. The Bertz CT molecular complexity index is 417. The van der Waals surface area contributed by atoms with Gasteiger partial charge in [-0.25, -0.2) is 4.39 Å². The normalized spacial score (nSPS) is 11.4. The SMILES string of the molecule is O=C(CCBr)c1cc(F)cc(OC(F)(F)F)c1. The maximum atomic E-state index is 13.0. The number of alkyl halides is 4. The summed E-state index contributed by atoms with van der Waals surface area (Å²) >= 11 is 3.01. The standard InChI is InChI=1S/C10H7BrF4O2/c11-2-1-9(16)6-3-7(12)5-8(4-6)17-10(13,14)15/h3-5H,1-2H2. The van der Waals surface area contributed by atoms with Crippen molar-refractivity contribution in [3.8, 4) is 5.75 Å². The molecule has 0 spiro atoms. The van der Waals surface area contributed by atoms with Crippen LogP contribution in [0.2, 0.25) is 0 Å². The molecule has 0 heterocycles. The van der Waals surface area contributed by atoms with Gasteiger partial charge in [-0.15, -0.1) is 13.2 Å². The first-order valence-corrected chi connectivity index (χ1v) is 5.59. The fourth-order valence-electron chi connectivity index (χ4n) is 1.15. The minimum absolute atomic E-state index is 0.0644. The van der Waals surface area contributed by atoms with Gasteiger partial charge in [0, 0.05) is 23.4 Å². The predicted octanol–water partition coefficient (Wildman–Crippen LogP) is 3.69. The molecular formula is C10H7BrF4O2. The molecule has 17 heavy (non-hydrogen) atoms. The van der Waals surface area contributed by atoms with Crippen LogP contribution in [0.15, 0.2) is 18.2 Å². The molecule has 0 atom stereocenters.